The van der Waals surface area contributed by atoms with Gasteiger partial charge < -0.3 is 10.8 Å². The summed E-state index contributed by atoms with van der Waals surface area (Å²) in [6.07, 6.45) is 0. The summed E-state index contributed by atoms with van der Waals surface area (Å²) in [5.41, 5.74) is 6.50. The molecule has 0 radical (unpaired) electrons. The minimum absolute atomic E-state index is 0.00588. The van der Waals surface area contributed by atoms with Crippen molar-refractivity contribution in [2.45, 2.75) is 11.8 Å². The third-order valence-electron chi connectivity index (χ3n) is 3.63. The molecule has 0 unspecified atom stereocenters. The number of hydrogen-bond donors (Lipinski definition) is 2. The van der Waals surface area contributed by atoms with E-state index in [2.05, 4.69) is 0 Å². The lowest BCUT2D eigenvalue weighted by atomic mass is 10.2. The maximum Gasteiger partial charge on any atom is 0.355 e. The van der Waals surface area contributed by atoms with E-state index in [0.717, 1.165) is 9.54 Å². The Labute approximate surface area is 132 Å². The van der Waals surface area contributed by atoms with Gasteiger partial charge in [0.05, 0.1) is 16.1 Å². The SMILES string of the molecule is Cc1ccc(S(=O)(=O)n2c(C(=O)O)c(N)c3ccccc32)cc1. The minimum atomic E-state index is -4.08. The summed E-state index contributed by atoms with van der Waals surface area (Å²) >= 11 is 0. The van der Waals surface area contributed by atoms with Crippen molar-refractivity contribution in [2.24, 2.45) is 0 Å². The van der Waals surface area contributed by atoms with Crippen LogP contribution in [0.5, 0.6) is 0 Å². The lowest BCUT2D eigenvalue weighted by Gasteiger charge is -2.10. The Kier molecular flexibility index (Phi) is 3.37. The number of para-hydroxylation sites is 1. The average molecular weight is 330 g/mol. The number of carboxylic acids is 1. The number of nitrogen functional groups attached to an aromatic ring is 1. The van der Waals surface area contributed by atoms with Crippen molar-refractivity contribution in [2.75, 3.05) is 5.73 Å². The molecule has 3 rings (SSSR count). The van der Waals surface area contributed by atoms with Crippen molar-refractivity contribution in [1.29, 1.82) is 0 Å². The molecule has 0 aliphatic heterocycles. The number of nitrogens with zero attached hydrogens (tertiary/aromatic N) is 1. The molecule has 6 nitrogen and oxygen atoms in total. The molecule has 3 N–H and O–H groups in total. The smallest absolute Gasteiger partial charge is 0.355 e. The van der Waals surface area contributed by atoms with Gasteiger partial charge in [-0.05, 0) is 25.1 Å². The molecule has 0 fully saturated rings. The summed E-state index contributed by atoms with van der Waals surface area (Å²) in [6.45, 7) is 1.84. The molecule has 1 heterocycles. The first kappa shape index (κ1) is 15.1. The quantitative estimate of drug-likeness (QED) is 0.768. The van der Waals surface area contributed by atoms with Crippen LogP contribution >= 0.6 is 0 Å². The summed E-state index contributed by atoms with van der Waals surface area (Å²) in [4.78, 5) is 11.6. The van der Waals surface area contributed by atoms with Gasteiger partial charge in [-0.1, -0.05) is 35.9 Å². The number of rotatable bonds is 3. The number of aromatic carboxylic acids is 1. The molecule has 23 heavy (non-hydrogen) atoms. The zero-order valence-corrected chi connectivity index (χ0v) is 13.0. The summed E-state index contributed by atoms with van der Waals surface area (Å²) in [6, 6.07) is 12.6. The largest absolute Gasteiger partial charge is 0.476 e. The van der Waals surface area contributed by atoms with Gasteiger partial charge in [0.1, 0.15) is 0 Å². The van der Waals surface area contributed by atoms with Crippen LogP contribution in [0.25, 0.3) is 10.9 Å². The highest BCUT2D eigenvalue weighted by atomic mass is 32.2. The minimum Gasteiger partial charge on any atom is -0.476 e. The summed E-state index contributed by atoms with van der Waals surface area (Å²) in [5, 5.41) is 9.83. The van der Waals surface area contributed by atoms with E-state index in [9.17, 15) is 18.3 Å². The van der Waals surface area contributed by atoms with Gasteiger partial charge in [-0.2, -0.15) is 0 Å². The first-order valence-corrected chi connectivity index (χ1v) is 8.22. The fourth-order valence-electron chi connectivity index (χ4n) is 2.50. The number of aromatic nitrogens is 1. The van der Waals surface area contributed by atoms with Crippen molar-refractivity contribution in [3.8, 4) is 0 Å². The highest BCUT2D eigenvalue weighted by Crippen LogP contribution is 2.32. The van der Waals surface area contributed by atoms with Gasteiger partial charge in [-0.15, -0.1) is 0 Å². The van der Waals surface area contributed by atoms with Crippen LogP contribution in [0.1, 0.15) is 16.1 Å². The fraction of sp³-hybridized carbons (Fsp3) is 0.0625. The van der Waals surface area contributed by atoms with E-state index in [1.54, 1.807) is 30.3 Å². The van der Waals surface area contributed by atoms with Crippen LogP contribution in [0.2, 0.25) is 0 Å². The third kappa shape index (κ3) is 2.25. The third-order valence-corrected chi connectivity index (χ3v) is 5.36. The Morgan fingerprint density at radius 2 is 1.70 bits per heavy atom. The van der Waals surface area contributed by atoms with Crippen molar-refractivity contribution < 1.29 is 18.3 Å². The fourth-order valence-corrected chi connectivity index (χ4v) is 4.03. The van der Waals surface area contributed by atoms with Crippen LogP contribution < -0.4 is 5.73 Å². The Morgan fingerprint density at radius 1 is 1.09 bits per heavy atom. The van der Waals surface area contributed by atoms with Crippen LogP contribution in [0, 0.1) is 6.92 Å². The maximum atomic E-state index is 12.9. The van der Waals surface area contributed by atoms with Crippen LogP contribution in [0.15, 0.2) is 53.4 Å². The zero-order chi connectivity index (χ0) is 16.8. The van der Waals surface area contributed by atoms with E-state index in [0.29, 0.717) is 5.39 Å². The van der Waals surface area contributed by atoms with Gasteiger partial charge >= 0.3 is 5.97 Å². The van der Waals surface area contributed by atoms with Crippen molar-refractivity contribution in [3.05, 3.63) is 59.8 Å². The Balaban J connectivity index is 2.41. The normalized spacial score (nSPS) is 11.7. The molecular formula is C16H14N2O4S. The van der Waals surface area contributed by atoms with E-state index >= 15 is 0 Å². The molecule has 0 amide bonds. The number of carbonyl (C=O) groups is 1. The molecule has 2 aromatic carbocycles. The Bertz CT molecular complexity index is 1020. The standard InChI is InChI=1S/C16H14N2O4S/c1-10-6-8-11(9-7-10)23(21,22)18-13-5-3-2-4-12(13)14(17)15(18)16(19)20/h2-9H,17H2,1H3,(H,19,20). The molecule has 0 aliphatic carbocycles. The first-order valence-electron chi connectivity index (χ1n) is 6.78. The summed E-state index contributed by atoms with van der Waals surface area (Å²) in [5.74, 6) is -1.39. The van der Waals surface area contributed by atoms with Gasteiger partial charge in [0.15, 0.2) is 5.69 Å². The molecule has 0 spiro atoms. The summed E-state index contributed by atoms with van der Waals surface area (Å²) < 4.78 is 26.7. The van der Waals surface area contributed by atoms with Gasteiger partial charge in [0.25, 0.3) is 10.0 Å². The van der Waals surface area contributed by atoms with Crippen molar-refractivity contribution in [1.82, 2.24) is 3.97 Å². The number of fused-ring (bicyclic) bond motifs is 1. The second kappa shape index (κ2) is 5.13. The van der Waals surface area contributed by atoms with Gasteiger partial charge in [-0.3, -0.25) is 0 Å². The van der Waals surface area contributed by atoms with Crippen LogP contribution in [0.4, 0.5) is 5.69 Å². The van der Waals surface area contributed by atoms with Gasteiger partial charge in [-0.25, -0.2) is 17.2 Å². The molecule has 0 bridgehead atoms. The van der Waals surface area contributed by atoms with Gasteiger partial charge in [0, 0.05) is 5.39 Å². The number of carboxylic acid groups (broad SMARTS) is 1. The average Bonchev–Trinajstić information content (AvgIpc) is 2.82. The second-order valence-corrected chi connectivity index (χ2v) is 6.95. The Morgan fingerprint density at radius 3 is 2.30 bits per heavy atom. The molecular weight excluding hydrogens is 316 g/mol. The van der Waals surface area contributed by atoms with E-state index in [-0.39, 0.29) is 16.1 Å². The topological polar surface area (TPSA) is 102 Å². The van der Waals surface area contributed by atoms with Crippen LogP contribution in [0.3, 0.4) is 0 Å². The second-order valence-electron chi connectivity index (χ2n) is 5.17. The zero-order valence-electron chi connectivity index (χ0n) is 12.2. The molecule has 7 heteroatoms. The van der Waals surface area contributed by atoms with E-state index < -0.39 is 21.7 Å². The number of hydrogen-bond acceptors (Lipinski definition) is 4. The van der Waals surface area contributed by atoms with Crippen molar-refractivity contribution >= 4 is 32.6 Å². The van der Waals surface area contributed by atoms with E-state index in [1.165, 1.54) is 18.2 Å². The predicted molar refractivity (Wildman–Crippen MR) is 87.1 cm³/mol. The summed E-state index contributed by atoms with van der Waals surface area (Å²) in [7, 11) is -4.08. The highest BCUT2D eigenvalue weighted by molar-refractivity contribution is 7.90. The molecule has 0 saturated heterocycles. The Hall–Kier alpha value is -2.80. The van der Waals surface area contributed by atoms with Gasteiger partial charge in [0.2, 0.25) is 0 Å². The number of aryl methyl sites for hydroxylation is 1. The molecule has 0 saturated carbocycles. The van der Waals surface area contributed by atoms with E-state index in [1.807, 2.05) is 6.92 Å². The molecule has 118 valence electrons. The predicted octanol–water partition coefficient (Wildman–Crippen LogP) is 2.47. The molecule has 0 aliphatic rings. The monoisotopic (exact) mass is 330 g/mol. The molecule has 0 atom stereocenters. The van der Waals surface area contributed by atoms with Crippen LogP contribution in [-0.4, -0.2) is 23.5 Å². The number of anilines is 1. The number of benzene rings is 2. The van der Waals surface area contributed by atoms with Crippen molar-refractivity contribution in [3.63, 3.8) is 0 Å². The molecule has 3 aromatic rings. The highest BCUT2D eigenvalue weighted by Gasteiger charge is 2.29. The van der Waals surface area contributed by atoms with Crippen LogP contribution in [-0.2, 0) is 10.0 Å². The maximum absolute atomic E-state index is 12.9. The molecule has 1 aromatic heterocycles. The number of nitrogens with two attached hydrogens (primary N) is 1. The first-order chi connectivity index (χ1) is 10.8. The lowest BCUT2D eigenvalue weighted by molar-refractivity contribution is 0.0691. The van der Waals surface area contributed by atoms with E-state index in [4.69, 9.17) is 5.73 Å². The lowest BCUT2D eigenvalue weighted by Crippen LogP contribution is -2.19.